The fraction of sp³-hybridized carbons (Fsp3) is 0.350. The number of H-pyrrole nitrogens is 1. The number of aromatic amines is 1. The summed E-state index contributed by atoms with van der Waals surface area (Å²) < 4.78 is 5.46. The third-order valence-electron chi connectivity index (χ3n) is 4.83. The molecule has 6 nitrogen and oxygen atoms in total. The first-order chi connectivity index (χ1) is 12.6. The molecule has 3 heterocycles. The summed E-state index contributed by atoms with van der Waals surface area (Å²) in [7, 11) is 0. The van der Waals surface area contributed by atoms with Gasteiger partial charge in [0, 0.05) is 31.6 Å². The second-order valence-corrected chi connectivity index (χ2v) is 6.93. The zero-order chi connectivity index (χ0) is 18.1. The first-order valence-electron chi connectivity index (χ1n) is 8.93. The number of nitrogens with one attached hydrogen (secondary N) is 1. The minimum Gasteiger partial charge on any atom is -0.456 e. The molecule has 1 amide bonds. The molecule has 1 aliphatic heterocycles. The van der Waals surface area contributed by atoms with E-state index in [1.54, 1.807) is 11.8 Å². The normalized spacial score (nSPS) is 17.6. The van der Waals surface area contributed by atoms with Gasteiger partial charge in [-0.15, -0.1) is 0 Å². The number of amides is 1. The van der Waals surface area contributed by atoms with E-state index >= 15 is 0 Å². The summed E-state index contributed by atoms with van der Waals surface area (Å²) in [6.07, 6.45) is 2.79. The number of imidazole rings is 1. The smallest absolute Gasteiger partial charge is 0.289 e. The van der Waals surface area contributed by atoms with Crippen LogP contribution in [0.15, 0.2) is 45.6 Å². The second-order valence-electron chi connectivity index (χ2n) is 6.93. The Morgan fingerprint density at radius 2 is 2.19 bits per heavy atom. The minimum absolute atomic E-state index is 0.124. The van der Waals surface area contributed by atoms with Gasteiger partial charge in [0.1, 0.15) is 11.6 Å². The highest BCUT2D eigenvalue weighted by molar-refractivity contribution is 5.91. The summed E-state index contributed by atoms with van der Waals surface area (Å²) in [5.41, 5.74) is 1.80. The van der Waals surface area contributed by atoms with E-state index in [0.717, 1.165) is 36.1 Å². The monoisotopic (exact) mass is 351 g/mol. The highest BCUT2D eigenvalue weighted by atomic mass is 16.3. The van der Waals surface area contributed by atoms with Crippen LogP contribution in [-0.2, 0) is 6.42 Å². The molecule has 0 unspecified atom stereocenters. The molecule has 0 radical (unpaired) electrons. The molecule has 0 bridgehead atoms. The number of carbonyl (C=O) groups is 1. The zero-order valence-electron chi connectivity index (χ0n) is 14.7. The van der Waals surface area contributed by atoms with Crippen LogP contribution in [0.25, 0.3) is 11.0 Å². The average molecular weight is 351 g/mol. The van der Waals surface area contributed by atoms with Crippen molar-refractivity contribution < 1.29 is 9.21 Å². The van der Waals surface area contributed by atoms with Gasteiger partial charge in [0.15, 0.2) is 11.2 Å². The maximum atomic E-state index is 12.7. The number of likely N-dealkylation sites (tertiary alicyclic amines) is 1. The number of hydrogen-bond acceptors (Lipinski definition) is 4. The van der Waals surface area contributed by atoms with Gasteiger partial charge < -0.3 is 14.3 Å². The molecule has 4 rings (SSSR count). The Kier molecular flexibility index (Phi) is 4.32. The number of fused-ring (bicyclic) bond motifs is 1. The number of para-hydroxylation sites is 2. The molecule has 6 heteroatoms. The van der Waals surface area contributed by atoms with E-state index in [1.807, 2.05) is 24.3 Å². The lowest BCUT2D eigenvalue weighted by molar-refractivity contribution is 0.0635. The number of rotatable bonds is 3. The molecule has 0 aliphatic carbocycles. The van der Waals surface area contributed by atoms with Crippen LogP contribution in [0.4, 0.5) is 0 Å². The van der Waals surface area contributed by atoms with Crippen LogP contribution in [0.5, 0.6) is 0 Å². The summed E-state index contributed by atoms with van der Waals surface area (Å²) in [6, 6.07) is 10.6. The van der Waals surface area contributed by atoms with E-state index < -0.39 is 0 Å². The molecule has 1 aromatic carbocycles. The Morgan fingerprint density at radius 1 is 1.35 bits per heavy atom. The molecule has 1 N–H and O–H groups in total. The molecule has 26 heavy (non-hydrogen) atoms. The fourth-order valence-electron chi connectivity index (χ4n) is 3.66. The van der Waals surface area contributed by atoms with Crippen molar-refractivity contribution in [3.8, 4) is 0 Å². The first-order valence-corrected chi connectivity index (χ1v) is 8.93. The zero-order valence-corrected chi connectivity index (χ0v) is 14.7. The molecule has 0 spiro atoms. The SMILES string of the molecule is Cc1cc(=O)cc(C(=O)N2CCC[C@@H](Cc3nc4ccccc4[nH]3)C2)o1. The van der Waals surface area contributed by atoms with E-state index in [9.17, 15) is 9.59 Å². The molecular formula is C20H21N3O3. The minimum atomic E-state index is -0.208. The molecule has 1 atom stereocenters. The van der Waals surface area contributed by atoms with E-state index in [2.05, 4.69) is 9.97 Å². The number of hydrogen-bond donors (Lipinski definition) is 1. The van der Waals surface area contributed by atoms with Crippen molar-refractivity contribution in [2.75, 3.05) is 13.1 Å². The Bertz CT molecular complexity index is 972. The molecule has 1 fully saturated rings. The van der Waals surface area contributed by atoms with E-state index in [-0.39, 0.29) is 17.1 Å². The summed E-state index contributed by atoms with van der Waals surface area (Å²) in [6.45, 7) is 3.01. The van der Waals surface area contributed by atoms with Crippen LogP contribution in [-0.4, -0.2) is 33.9 Å². The van der Waals surface area contributed by atoms with Crippen molar-refractivity contribution >= 4 is 16.9 Å². The van der Waals surface area contributed by atoms with Crippen LogP contribution in [0, 0.1) is 12.8 Å². The summed E-state index contributed by atoms with van der Waals surface area (Å²) in [5, 5.41) is 0. The van der Waals surface area contributed by atoms with Gasteiger partial charge in [0.2, 0.25) is 0 Å². The van der Waals surface area contributed by atoms with Crippen molar-refractivity contribution in [3.63, 3.8) is 0 Å². The third kappa shape index (κ3) is 3.40. The molecule has 1 saturated heterocycles. The van der Waals surface area contributed by atoms with Crippen LogP contribution < -0.4 is 5.43 Å². The molecule has 0 saturated carbocycles. The average Bonchev–Trinajstić information content (AvgIpc) is 3.02. The maximum absolute atomic E-state index is 12.7. The highest BCUT2D eigenvalue weighted by Crippen LogP contribution is 2.22. The number of piperidine rings is 1. The van der Waals surface area contributed by atoms with Gasteiger partial charge in [-0.1, -0.05) is 12.1 Å². The number of aromatic nitrogens is 2. The summed E-state index contributed by atoms with van der Waals surface area (Å²) in [5.74, 6) is 1.66. The first kappa shape index (κ1) is 16.6. The second kappa shape index (κ2) is 6.78. The molecular weight excluding hydrogens is 330 g/mol. The predicted octanol–water partition coefficient (Wildman–Crippen LogP) is 2.92. The van der Waals surface area contributed by atoms with E-state index in [4.69, 9.17) is 4.42 Å². The van der Waals surface area contributed by atoms with Gasteiger partial charge >= 0.3 is 0 Å². The number of aryl methyl sites for hydroxylation is 1. The molecule has 1 aliphatic rings. The number of nitrogens with zero attached hydrogens (tertiary/aromatic N) is 2. The van der Waals surface area contributed by atoms with Gasteiger partial charge in [-0.25, -0.2) is 4.98 Å². The van der Waals surface area contributed by atoms with Gasteiger partial charge in [-0.05, 0) is 37.8 Å². The largest absolute Gasteiger partial charge is 0.456 e. The summed E-state index contributed by atoms with van der Waals surface area (Å²) >= 11 is 0. The third-order valence-corrected chi connectivity index (χ3v) is 4.83. The lowest BCUT2D eigenvalue weighted by Crippen LogP contribution is -2.40. The highest BCUT2D eigenvalue weighted by Gasteiger charge is 2.27. The lowest BCUT2D eigenvalue weighted by Gasteiger charge is -2.32. The van der Waals surface area contributed by atoms with Crippen molar-refractivity contribution in [2.24, 2.45) is 5.92 Å². The van der Waals surface area contributed by atoms with E-state index in [1.165, 1.54) is 12.1 Å². The number of benzene rings is 1. The Labute approximate surface area is 150 Å². The Balaban J connectivity index is 1.48. The summed E-state index contributed by atoms with van der Waals surface area (Å²) in [4.78, 5) is 34.1. The van der Waals surface area contributed by atoms with Crippen LogP contribution in [0.1, 0.15) is 35.0 Å². The van der Waals surface area contributed by atoms with Gasteiger partial charge in [-0.3, -0.25) is 9.59 Å². The van der Waals surface area contributed by atoms with Gasteiger partial charge in [0.25, 0.3) is 5.91 Å². The van der Waals surface area contributed by atoms with Crippen LogP contribution in [0.2, 0.25) is 0 Å². The van der Waals surface area contributed by atoms with Gasteiger partial charge in [-0.2, -0.15) is 0 Å². The molecule has 134 valence electrons. The van der Waals surface area contributed by atoms with Crippen molar-refractivity contribution in [1.82, 2.24) is 14.9 Å². The van der Waals surface area contributed by atoms with Crippen molar-refractivity contribution in [2.45, 2.75) is 26.2 Å². The van der Waals surface area contributed by atoms with Crippen molar-refractivity contribution in [3.05, 3.63) is 64.0 Å². The van der Waals surface area contributed by atoms with Crippen LogP contribution >= 0.6 is 0 Å². The van der Waals surface area contributed by atoms with Crippen LogP contribution in [0.3, 0.4) is 0 Å². The fourth-order valence-corrected chi connectivity index (χ4v) is 3.66. The Hall–Kier alpha value is -2.89. The predicted molar refractivity (Wildman–Crippen MR) is 98.1 cm³/mol. The van der Waals surface area contributed by atoms with Gasteiger partial charge in [0.05, 0.1) is 11.0 Å². The van der Waals surface area contributed by atoms with E-state index in [0.29, 0.717) is 24.8 Å². The maximum Gasteiger partial charge on any atom is 0.289 e. The number of carbonyl (C=O) groups excluding carboxylic acids is 1. The molecule has 2 aromatic heterocycles. The quantitative estimate of drug-likeness (QED) is 0.787. The Morgan fingerprint density at radius 3 is 3.00 bits per heavy atom. The lowest BCUT2D eigenvalue weighted by atomic mass is 9.94. The topological polar surface area (TPSA) is 79.2 Å². The van der Waals surface area contributed by atoms with Crippen molar-refractivity contribution in [1.29, 1.82) is 0 Å². The standard InChI is InChI=1S/C20H21N3O3/c1-13-9-15(24)11-18(26-13)20(25)23-8-4-5-14(12-23)10-19-21-16-6-2-3-7-17(16)22-19/h2-3,6-7,9,11,14H,4-5,8,10,12H2,1H3,(H,21,22)/t14-/m0/s1. The molecule has 3 aromatic rings.